The molecule has 41 heavy (non-hydrogen) atoms. The highest BCUT2D eigenvalue weighted by atomic mass is 32.2. The van der Waals surface area contributed by atoms with Gasteiger partial charge in [0.05, 0.1) is 17.7 Å². The van der Waals surface area contributed by atoms with Crippen LogP contribution in [0.25, 0.3) is 0 Å². The van der Waals surface area contributed by atoms with E-state index in [4.69, 9.17) is 4.74 Å². The van der Waals surface area contributed by atoms with Crippen molar-refractivity contribution in [1.29, 1.82) is 0 Å². The Balaban J connectivity index is 1.72. The summed E-state index contributed by atoms with van der Waals surface area (Å²) >= 11 is 0. The maximum Gasteiger partial charge on any atom is 0.264 e. The van der Waals surface area contributed by atoms with Gasteiger partial charge in [0.25, 0.3) is 10.0 Å². The summed E-state index contributed by atoms with van der Waals surface area (Å²) in [7, 11) is -2.63. The molecular weight excluding hydrogens is 538 g/mol. The van der Waals surface area contributed by atoms with Gasteiger partial charge in [0, 0.05) is 18.7 Å². The highest BCUT2D eigenvalue weighted by molar-refractivity contribution is 7.92. The molecule has 218 valence electrons. The quantitative estimate of drug-likeness (QED) is 0.325. The Labute approximate surface area is 243 Å². The summed E-state index contributed by atoms with van der Waals surface area (Å²) in [4.78, 5) is 29.3. The number of rotatable bonds is 12. The molecule has 1 aliphatic rings. The summed E-state index contributed by atoms with van der Waals surface area (Å²) < 4.78 is 34.3. The van der Waals surface area contributed by atoms with Crippen molar-refractivity contribution < 1.29 is 22.7 Å². The first kappa shape index (κ1) is 30.1. The van der Waals surface area contributed by atoms with Gasteiger partial charge in [-0.3, -0.25) is 13.9 Å². The van der Waals surface area contributed by atoms with Crippen LogP contribution in [0.1, 0.15) is 50.2 Å². The van der Waals surface area contributed by atoms with Gasteiger partial charge in [0.2, 0.25) is 11.8 Å². The fourth-order valence-electron chi connectivity index (χ4n) is 5.31. The molecule has 3 aromatic carbocycles. The lowest BCUT2D eigenvalue weighted by molar-refractivity contribution is -0.140. The molecule has 3 aromatic rings. The number of amides is 2. The molecule has 0 unspecified atom stereocenters. The van der Waals surface area contributed by atoms with Crippen molar-refractivity contribution in [3.05, 3.63) is 90.0 Å². The van der Waals surface area contributed by atoms with E-state index in [2.05, 4.69) is 5.32 Å². The van der Waals surface area contributed by atoms with Gasteiger partial charge in [-0.15, -0.1) is 0 Å². The number of nitrogens with one attached hydrogen (secondary N) is 1. The number of methoxy groups -OCH3 is 1. The number of nitrogens with zero attached hydrogens (tertiary/aromatic N) is 2. The molecule has 0 saturated heterocycles. The zero-order chi connectivity index (χ0) is 29.4. The van der Waals surface area contributed by atoms with Crippen LogP contribution in [0.15, 0.2) is 83.8 Å². The van der Waals surface area contributed by atoms with Crippen LogP contribution in [0.5, 0.6) is 5.75 Å². The van der Waals surface area contributed by atoms with Crippen LogP contribution in [0, 0.1) is 6.92 Å². The standard InChI is InChI=1S/C32H39N3O5S/c1-4-30(32(37)33-26-14-8-9-15-26)34(22-25-13-10-12-24(2)20-25)31(36)23-35(27-16-11-17-28(21-27)40-3)41(38,39)29-18-6-5-7-19-29/h5-7,10-13,16-21,26,30H,4,8-9,14-15,22-23H2,1-3H3,(H,33,37)/t30-/m1/s1. The number of hydrogen-bond acceptors (Lipinski definition) is 5. The van der Waals surface area contributed by atoms with Crippen molar-refractivity contribution >= 4 is 27.5 Å². The van der Waals surface area contributed by atoms with E-state index >= 15 is 0 Å². The molecule has 0 heterocycles. The molecule has 8 nitrogen and oxygen atoms in total. The lowest BCUT2D eigenvalue weighted by Gasteiger charge is -2.34. The third-order valence-electron chi connectivity index (χ3n) is 7.47. The summed E-state index contributed by atoms with van der Waals surface area (Å²) in [5, 5.41) is 3.14. The Hall–Kier alpha value is -3.85. The Bertz CT molecular complexity index is 1440. The first-order valence-electron chi connectivity index (χ1n) is 14.1. The van der Waals surface area contributed by atoms with Crippen LogP contribution in [-0.4, -0.2) is 50.9 Å². The Morgan fingerprint density at radius 2 is 1.68 bits per heavy atom. The molecule has 1 fully saturated rings. The molecular formula is C32H39N3O5S. The monoisotopic (exact) mass is 577 g/mol. The minimum Gasteiger partial charge on any atom is -0.497 e. The molecule has 9 heteroatoms. The van der Waals surface area contributed by atoms with Crippen LogP contribution < -0.4 is 14.4 Å². The van der Waals surface area contributed by atoms with E-state index in [9.17, 15) is 18.0 Å². The molecule has 0 aromatic heterocycles. The number of carbonyl (C=O) groups excluding carboxylic acids is 2. The Kier molecular flexibility index (Phi) is 10.0. The highest BCUT2D eigenvalue weighted by Crippen LogP contribution is 2.28. The van der Waals surface area contributed by atoms with Crippen molar-refractivity contribution in [3.8, 4) is 5.75 Å². The summed E-state index contributed by atoms with van der Waals surface area (Å²) in [6.07, 6.45) is 4.38. The van der Waals surface area contributed by atoms with E-state index in [1.807, 2.05) is 38.1 Å². The SMILES string of the molecule is CC[C@H](C(=O)NC1CCCC1)N(Cc1cccc(C)c1)C(=O)CN(c1cccc(OC)c1)S(=O)(=O)c1ccccc1. The first-order valence-corrected chi connectivity index (χ1v) is 15.5. The van der Waals surface area contributed by atoms with E-state index < -0.39 is 28.5 Å². The number of anilines is 1. The normalized spacial score (nSPS) is 14.3. The minimum absolute atomic E-state index is 0.0619. The van der Waals surface area contributed by atoms with Gasteiger partial charge < -0.3 is 15.0 Å². The topological polar surface area (TPSA) is 96.0 Å². The highest BCUT2D eigenvalue weighted by Gasteiger charge is 2.34. The zero-order valence-electron chi connectivity index (χ0n) is 24.0. The van der Waals surface area contributed by atoms with Crippen molar-refractivity contribution in [2.24, 2.45) is 0 Å². The second-order valence-corrected chi connectivity index (χ2v) is 12.3. The average Bonchev–Trinajstić information content (AvgIpc) is 3.49. The zero-order valence-corrected chi connectivity index (χ0v) is 24.8. The molecule has 0 aliphatic heterocycles. The Morgan fingerprint density at radius 3 is 2.34 bits per heavy atom. The van der Waals surface area contributed by atoms with Crippen molar-refractivity contribution in [2.75, 3.05) is 18.0 Å². The predicted octanol–water partition coefficient (Wildman–Crippen LogP) is 5.07. The van der Waals surface area contributed by atoms with Gasteiger partial charge in [-0.25, -0.2) is 8.42 Å². The summed E-state index contributed by atoms with van der Waals surface area (Å²) in [6.45, 7) is 3.53. The maximum atomic E-state index is 14.2. The van der Waals surface area contributed by atoms with Crippen LogP contribution >= 0.6 is 0 Å². The predicted molar refractivity (Wildman–Crippen MR) is 160 cm³/mol. The summed E-state index contributed by atoms with van der Waals surface area (Å²) in [6, 6.07) is 21.7. The second-order valence-electron chi connectivity index (χ2n) is 10.5. The fraction of sp³-hybridized carbons (Fsp3) is 0.375. The lowest BCUT2D eigenvalue weighted by Crippen LogP contribution is -2.53. The van der Waals surface area contributed by atoms with Gasteiger partial charge in [-0.2, -0.15) is 0 Å². The van der Waals surface area contributed by atoms with Crippen LogP contribution in [-0.2, 0) is 26.2 Å². The van der Waals surface area contributed by atoms with Gasteiger partial charge in [-0.1, -0.05) is 73.9 Å². The first-order chi connectivity index (χ1) is 19.7. The lowest BCUT2D eigenvalue weighted by atomic mass is 10.1. The maximum absolute atomic E-state index is 14.2. The number of ether oxygens (including phenoxy) is 1. The van der Waals surface area contributed by atoms with Crippen LogP contribution in [0.2, 0.25) is 0 Å². The van der Waals surface area contributed by atoms with Crippen LogP contribution in [0.3, 0.4) is 0 Å². The molecule has 1 N–H and O–H groups in total. The van der Waals surface area contributed by atoms with E-state index in [1.165, 1.54) is 24.1 Å². The average molecular weight is 578 g/mol. The molecule has 1 aliphatic carbocycles. The Morgan fingerprint density at radius 1 is 0.976 bits per heavy atom. The largest absolute Gasteiger partial charge is 0.497 e. The van der Waals surface area contributed by atoms with E-state index in [-0.39, 0.29) is 23.4 Å². The van der Waals surface area contributed by atoms with Crippen molar-refractivity contribution in [3.63, 3.8) is 0 Å². The molecule has 4 rings (SSSR count). The number of sulfonamides is 1. The van der Waals surface area contributed by atoms with Gasteiger partial charge in [-0.05, 0) is 56.0 Å². The molecule has 2 amide bonds. The molecule has 1 atom stereocenters. The van der Waals surface area contributed by atoms with Crippen molar-refractivity contribution in [2.45, 2.75) is 69.5 Å². The van der Waals surface area contributed by atoms with E-state index in [1.54, 1.807) is 42.5 Å². The molecule has 1 saturated carbocycles. The number of benzene rings is 3. The smallest absolute Gasteiger partial charge is 0.264 e. The number of aryl methyl sites for hydroxylation is 1. The molecule has 0 bridgehead atoms. The number of carbonyl (C=O) groups is 2. The van der Waals surface area contributed by atoms with E-state index in [0.717, 1.165) is 41.1 Å². The van der Waals surface area contributed by atoms with Gasteiger partial charge in [0.1, 0.15) is 18.3 Å². The third kappa shape index (κ3) is 7.47. The summed E-state index contributed by atoms with van der Waals surface area (Å²) in [5.41, 5.74) is 2.19. The molecule has 0 radical (unpaired) electrons. The minimum atomic E-state index is -4.13. The number of hydrogen-bond donors (Lipinski definition) is 1. The van der Waals surface area contributed by atoms with Gasteiger partial charge >= 0.3 is 0 Å². The molecule has 0 spiro atoms. The third-order valence-corrected chi connectivity index (χ3v) is 9.26. The van der Waals surface area contributed by atoms with Gasteiger partial charge in [0.15, 0.2) is 0 Å². The van der Waals surface area contributed by atoms with E-state index in [0.29, 0.717) is 17.9 Å². The van der Waals surface area contributed by atoms with Crippen LogP contribution in [0.4, 0.5) is 5.69 Å². The fourth-order valence-corrected chi connectivity index (χ4v) is 6.74. The summed E-state index contributed by atoms with van der Waals surface area (Å²) in [5.74, 6) is -0.219. The van der Waals surface area contributed by atoms with Crippen molar-refractivity contribution in [1.82, 2.24) is 10.2 Å². The second kappa shape index (κ2) is 13.7.